The predicted octanol–water partition coefficient (Wildman–Crippen LogP) is 0.707. The van der Waals surface area contributed by atoms with Crippen LogP contribution in [0.5, 0.6) is 0 Å². The van der Waals surface area contributed by atoms with Crippen molar-refractivity contribution in [3.63, 3.8) is 0 Å². The second-order valence-electron chi connectivity index (χ2n) is 4.14. The maximum absolute atomic E-state index is 11.8. The summed E-state index contributed by atoms with van der Waals surface area (Å²) in [6.45, 7) is 4.21. The number of aryl methyl sites for hydroxylation is 1. The van der Waals surface area contributed by atoms with Gasteiger partial charge in [-0.05, 0) is 18.6 Å². The van der Waals surface area contributed by atoms with Gasteiger partial charge < -0.3 is 15.4 Å². The average Bonchev–Trinajstić information content (AvgIpc) is 2.33. The maximum atomic E-state index is 11.8. The number of carbonyl (C=O) groups excluding carboxylic acids is 1. The average molecular weight is 235 g/mol. The minimum Gasteiger partial charge on any atom is -0.375 e. The van der Waals surface area contributed by atoms with Crippen LogP contribution in [0.2, 0.25) is 0 Å². The molecule has 1 aromatic rings. The highest BCUT2D eigenvalue weighted by atomic mass is 16.5. The fourth-order valence-corrected chi connectivity index (χ4v) is 1.75. The van der Waals surface area contributed by atoms with Crippen molar-refractivity contribution in [2.45, 2.75) is 19.4 Å². The van der Waals surface area contributed by atoms with E-state index in [0.29, 0.717) is 13.0 Å². The first-order valence-electron chi connectivity index (χ1n) is 5.78. The Kier molecular flexibility index (Phi) is 4.06. The third-order valence-electron chi connectivity index (χ3n) is 2.73. The first kappa shape index (κ1) is 12.0. The molecule has 2 heterocycles. The zero-order valence-electron chi connectivity index (χ0n) is 9.90. The van der Waals surface area contributed by atoms with E-state index in [0.717, 1.165) is 24.3 Å². The summed E-state index contributed by atoms with van der Waals surface area (Å²) >= 11 is 0. The van der Waals surface area contributed by atoms with Gasteiger partial charge in [-0.15, -0.1) is 0 Å². The molecule has 5 heteroatoms. The van der Waals surface area contributed by atoms with Crippen molar-refractivity contribution in [3.05, 3.63) is 24.0 Å². The molecule has 17 heavy (non-hydrogen) atoms. The molecule has 2 rings (SSSR count). The molecule has 0 saturated carbocycles. The molecule has 1 aliphatic rings. The lowest BCUT2D eigenvalue weighted by atomic mass is 10.2. The van der Waals surface area contributed by atoms with Crippen molar-refractivity contribution >= 4 is 11.6 Å². The minimum absolute atomic E-state index is 0.0271. The first-order valence-corrected chi connectivity index (χ1v) is 5.78. The van der Waals surface area contributed by atoms with E-state index in [1.165, 1.54) is 0 Å². The summed E-state index contributed by atoms with van der Waals surface area (Å²) in [5, 5.41) is 6.05. The number of anilines is 1. The van der Waals surface area contributed by atoms with Crippen LogP contribution in [0.25, 0.3) is 0 Å². The molecule has 0 spiro atoms. The van der Waals surface area contributed by atoms with Crippen LogP contribution >= 0.6 is 0 Å². The molecule has 1 amide bonds. The molecule has 1 unspecified atom stereocenters. The molecule has 1 saturated heterocycles. The highest BCUT2D eigenvalue weighted by Gasteiger charge is 2.17. The van der Waals surface area contributed by atoms with E-state index in [4.69, 9.17) is 4.74 Å². The summed E-state index contributed by atoms with van der Waals surface area (Å²) in [5.41, 5.74) is 1.78. The van der Waals surface area contributed by atoms with E-state index in [2.05, 4.69) is 15.6 Å². The Morgan fingerprint density at radius 1 is 1.71 bits per heavy atom. The summed E-state index contributed by atoms with van der Waals surface area (Å²) in [6, 6.07) is 1.87. The van der Waals surface area contributed by atoms with Crippen LogP contribution in [0.1, 0.15) is 12.0 Å². The number of hydrogen-bond donors (Lipinski definition) is 2. The fraction of sp³-hybridized carbons (Fsp3) is 0.500. The van der Waals surface area contributed by atoms with Gasteiger partial charge >= 0.3 is 0 Å². The van der Waals surface area contributed by atoms with Crippen LogP contribution in [-0.2, 0) is 9.53 Å². The molecule has 1 fully saturated rings. The Morgan fingerprint density at radius 3 is 3.29 bits per heavy atom. The number of rotatable bonds is 3. The number of carbonyl (C=O) groups is 1. The molecule has 1 aliphatic heterocycles. The summed E-state index contributed by atoms with van der Waals surface area (Å²) in [4.78, 5) is 15.8. The molecule has 0 bridgehead atoms. The van der Waals surface area contributed by atoms with Gasteiger partial charge in [0.1, 0.15) is 0 Å². The lowest BCUT2D eigenvalue weighted by Crippen LogP contribution is -2.40. The Bertz CT molecular complexity index is 389. The molecule has 92 valence electrons. The van der Waals surface area contributed by atoms with E-state index in [1.807, 2.05) is 13.0 Å². The molecule has 1 atom stereocenters. The van der Waals surface area contributed by atoms with E-state index >= 15 is 0 Å². The number of morpholine rings is 1. The van der Waals surface area contributed by atoms with Crippen molar-refractivity contribution < 1.29 is 9.53 Å². The largest absolute Gasteiger partial charge is 0.375 e. The second kappa shape index (κ2) is 5.75. The Labute approximate surface area is 101 Å². The standard InChI is InChI=1S/C12H17N3O2/c1-9-2-3-13-8-11(9)15-12(16)6-10-7-14-4-5-17-10/h2-3,8,10,14H,4-7H2,1H3,(H,15,16). The molecule has 1 aromatic heterocycles. The van der Waals surface area contributed by atoms with Gasteiger partial charge in [0.2, 0.25) is 5.91 Å². The van der Waals surface area contributed by atoms with Gasteiger partial charge in [0.25, 0.3) is 0 Å². The van der Waals surface area contributed by atoms with Gasteiger partial charge in [-0.1, -0.05) is 0 Å². The normalized spacial score (nSPS) is 19.9. The highest BCUT2D eigenvalue weighted by Crippen LogP contribution is 2.12. The van der Waals surface area contributed by atoms with Crippen LogP contribution in [-0.4, -0.2) is 36.7 Å². The van der Waals surface area contributed by atoms with Gasteiger partial charge in [-0.2, -0.15) is 0 Å². The van der Waals surface area contributed by atoms with Gasteiger partial charge in [0.15, 0.2) is 0 Å². The number of pyridine rings is 1. The van der Waals surface area contributed by atoms with Gasteiger partial charge in [-0.3, -0.25) is 9.78 Å². The van der Waals surface area contributed by atoms with E-state index in [1.54, 1.807) is 12.4 Å². The molecule has 2 N–H and O–H groups in total. The summed E-state index contributed by atoms with van der Waals surface area (Å²) in [7, 11) is 0. The number of hydrogen-bond acceptors (Lipinski definition) is 4. The third kappa shape index (κ3) is 3.51. The zero-order valence-corrected chi connectivity index (χ0v) is 9.90. The number of aromatic nitrogens is 1. The van der Waals surface area contributed by atoms with Crippen molar-refractivity contribution in [2.24, 2.45) is 0 Å². The minimum atomic E-state index is -0.0326. The van der Waals surface area contributed by atoms with Gasteiger partial charge in [-0.25, -0.2) is 0 Å². The molecular weight excluding hydrogens is 218 g/mol. The van der Waals surface area contributed by atoms with Crippen LogP contribution in [0.15, 0.2) is 18.5 Å². The number of nitrogens with one attached hydrogen (secondary N) is 2. The molecule has 5 nitrogen and oxygen atoms in total. The second-order valence-corrected chi connectivity index (χ2v) is 4.14. The molecule has 0 aliphatic carbocycles. The lowest BCUT2D eigenvalue weighted by Gasteiger charge is -2.23. The summed E-state index contributed by atoms with van der Waals surface area (Å²) in [6.07, 6.45) is 3.72. The van der Waals surface area contributed by atoms with Crippen LogP contribution in [0.3, 0.4) is 0 Å². The van der Waals surface area contributed by atoms with Crippen molar-refractivity contribution in [1.29, 1.82) is 0 Å². The summed E-state index contributed by atoms with van der Waals surface area (Å²) in [5.74, 6) is -0.0326. The van der Waals surface area contributed by atoms with E-state index in [9.17, 15) is 4.79 Å². The van der Waals surface area contributed by atoms with E-state index in [-0.39, 0.29) is 12.0 Å². The smallest absolute Gasteiger partial charge is 0.227 e. The van der Waals surface area contributed by atoms with Gasteiger partial charge in [0, 0.05) is 19.3 Å². The molecular formula is C12H17N3O2. The zero-order chi connectivity index (χ0) is 12.1. The van der Waals surface area contributed by atoms with Crippen molar-refractivity contribution in [3.8, 4) is 0 Å². The predicted molar refractivity (Wildman–Crippen MR) is 64.8 cm³/mol. The number of nitrogens with zero attached hydrogens (tertiary/aromatic N) is 1. The van der Waals surface area contributed by atoms with Crippen LogP contribution in [0, 0.1) is 6.92 Å². The van der Waals surface area contributed by atoms with Crippen molar-refractivity contribution in [1.82, 2.24) is 10.3 Å². The van der Waals surface area contributed by atoms with Crippen LogP contribution < -0.4 is 10.6 Å². The summed E-state index contributed by atoms with van der Waals surface area (Å²) < 4.78 is 5.48. The SMILES string of the molecule is Cc1ccncc1NC(=O)CC1CNCCO1. The Balaban J connectivity index is 1.86. The Morgan fingerprint density at radius 2 is 2.59 bits per heavy atom. The molecule has 0 radical (unpaired) electrons. The van der Waals surface area contributed by atoms with Crippen molar-refractivity contribution in [2.75, 3.05) is 25.0 Å². The number of ether oxygens (including phenoxy) is 1. The van der Waals surface area contributed by atoms with Gasteiger partial charge in [0.05, 0.1) is 31.0 Å². The monoisotopic (exact) mass is 235 g/mol. The quantitative estimate of drug-likeness (QED) is 0.810. The topological polar surface area (TPSA) is 63.2 Å². The Hall–Kier alpha value is -1.46. The first-order chi connectivity index (χ1) is 8.25. The van der Waals surface area contributed by atoms with Crippen LogP contribution in [0.4, 0.5) is 5.69 Å². The lowest BCUT2D eigenvalue weighted by molar-refractivity contribution is -0.119. The number of amides is 1. The fourth-order valence-electron chi connectivity index (χ4n) is 1.75. The molecule has 0 aromatic carbocycles. The maximum Gasteiger partial charge on any atom is 0.227 e. The van der Waals surface area contributed by atoms with E-state index < -0.39 is 0 Å². The highest BCUT2D eigenvalue weighted by molar-refractivity contribution is 5.91. The third-order valence-corrected chi connectivity index (χ3v) is 2.73.